The van der Waals surface area contributed by atoms with Crippen LogP contribution in [-0.2, 0) is 0 Å². The molecule has 0 heterocycles. The van der Waals surface area contributed by atoms with Gasteiger partial charge in [-0.05, 0) is 11.6 Å². The molecule has 0 saturated heterocycles. The van der Waals surface area contributed by atoms with E-state index >= 15 is 0 Å². The number of carbonyl (C=O) groups excluding carboxylic acids is 1. The summed E-state index contributed by atoms with van der Waals surface area (Å²) < 4.78 is 2.35. The Morgan fingerprint density at radius 1 is 1.00 bits per heavy atom. The third-order valence-electron chi connectivity index (χ3n) is 2.64. The molecule has 0 aliphatic rings. The molecule has 19 heavy (non-hydrogen) atoms. The van der Waals surface area contributed by atoms with Crippen LogP contribution in [0, 0.1) is 0 Å². The quantitative estimate of drug-likeness (QED) is 0.358. The van der Waals surface area contributed by atoms with Gasteiger partial charge < -0.3 is 4.34 Å². The number of nitrogens with zero attached hydrogens (tertiary/aromatic N) is 2. The minimum Gasteiger partial charge on any atom is -0.350 e. The summed E-state index contributed by atoms with van der Waals surface area (Å²) in [6.07, 6.45) is 2.75. The van der Waals surface area contributed by atoms with Crippen LogP contribution in [0.2, 0.25) is 39.3 Å². The maximum atomic E-state index is 10.8. The molecular formula is C14H24N2OSi2. The lowest BCUT2D eigenvalue weighted by Gasteiger charge is -2.41. The highest BCUT2D eigenvalue weighted by Crippen LogP contribution is 2.20. The second kappa shape index (κ2) is 5.84. The van der Waals surface area contributed by atoms with Gasteiger partial charge in [-0.3, -0.25) is 4.79 Å². The molecule has 0 saturated carbocycles. The lowest BCUT2D eigenvalue weighted by Crippen LogP contribution is -2.55. The first-order valence-corrected chi connectivity index (χ1v) is 13.4. The van der Waals surface area contributed by atoms with E-state index in [4.69, 9.17) is 5.10 Å². The first-order valence-electron chi connectivity index (χ1n) is 6.54. The van der Waals surface area contributed by atoms with Crippen molar-refractivity contribution >= 4 is 29.0 Å². The minimum atomic E-state index is -1.47. The molecule has 104 valence electrons. The summed E-state index contributed by atoms with van der Waals surface area (Å²) >= 11 is 0. The molecule has 0 aliphatic carbocycles. The van der Waals surface area contributed by atoms with Gasteiger partial charge in [0.15, 0.2) is 16.5 Å². The van der Waals surface area contributed by atoms with Gasteiger partial charge in [-0.1, -0.05) is 57.5 Å². The predicted molar refractivity (Wildman–Crippen MR) is 88.0 cm³/mol. The molecule has 0 spiro atoms. The Morgan fingerprint density at radius 2 is 1.53 bits per heavy atom. The third-order valence-corrected chi connectivity index (χ3v) is 9.44. The largest absolute Gasteiger partial charge is 0.350 e. The Hall–Kier alpha value is -1.21. The monoisotopic (exact) mass is 292 g/mol. The van der Waals surface area contributed by atoms with Crippen molar-refractivity contribution in [3.63, 3.8) is 0 Å². The Balaban J connectivity index is 3.02. The molecule has 0 fully saturated rings. The van der Waals surface area contributed by atoms with E-state index in [1.165, 1.54) is 0 Å². The molecule has 1 rings (SSSR count). The summed E-state index contributed by atoms with van der Waals surface area (Å²) in [5, 5.41) is 4.73. The Labute approximate surface area is 118 Å². The molecule has 0 amide bonds. The van der Waals surface area contributed by atoms with Crippen LogP contribution < -0.4 is 0 Å². The summed E-state index contributed by atoms with van der Waals surface area (Å²) in [6.45, 7) is 13.9. The molecule has 3 nitrogen and oxygen atoms in total. The van der Waals surface area contributed by atoms with Gasteiger partial charge in [-0.2, -0.15) is 0 Å². The van der Waals surface area contributed by atoms with Gasteiger partial charge in [0.2, 0.25) is 0 Å². The average Bonchev–Trinajstić information content (AvgIpc) is 2.26. The Morgan fingerprint density at radius 3 is 2.00 bits per heavy atom. The number of hydrogen-bond acceptors (Lipinski definition) is 3. The highest BCUT2D eigenvalue weighted by atomic mass is 28.4. The van der Waals surface area contributed by atoms with Crippen molar-refractivity contribution in [2.45, 2.75) is 39.3 Å². The Bertz CT molecular complexity index is 459. The second-order valence-corrected chi connectivity index (χ2v) is 16.7. The number of benzene rings is 1. The van der Waals surface area contributed by atoms with Gasteiger partial charge in [0, 0.05) is 5.56 Å². The summed E-state index contributed by atoms with van der Waals surface area (Å²) in [4.78, 5) is 10.8. The van der Waals surface area contributed by atoms with Crippen molar-refractivity contribution in [2.24, 2.45) is 5.10 Å². The van der Waals surface area contributed by atoms with E-state index in [1.54, 1.807) is 6.07 Å². The molecule has 0 bridgehead atoms. The van der Waals surface area contributed by atoms with Crippen molar-refractivity contribution in [1.82, 2.24) is 4.34 Å². The van der Waals surface area contributed by atoms with E-state index in [0.717, 1.165) is 11.8 Å². The lowest BCUT2D eigenvalue weighted by atomic mass is 10.1. The number of hydrazone groups is 1. The SMILES string of the molecule is C[Si](C)(C)N(N=Cc1cccc(C=O)c1)[Si](C)(C)C. The van der Waals surface area contributed by atoms with Gasteiger partial charge >= 0.3 is 0 Å². The summed E-state index contributed by atoms with van der Waals surface area (Å²) in [7, 11) is -2.94. The van der Waals surface area contributed by atoms with Crippen LogP contribution >= 0.6 is 0 Å². The highest BCUT2D eigenvalue weighted by Gasteiger charge is 2.33. The van der Waals surface area contributed by atoms with E-state index in [2.05, 4.69) is 43.6 Å². The van der Waals surface area contributed by atoms with E-state index in [-0.39, 0.29) is 0 Å². The predicted octanol–water partition coefficient (Wildman–Crippen LogP) is 3.80. The Kier molecular flexibility index (Phi) is 4.87. The van der Waals surface area contributed by atoms with E-state index < -0.39 is 16.5 Å². The van der Waals surface area contributed by atoms with Crippen molar-refractivity contribution in [3.8, 4) is 0 Å². The highest BCUT2D eigenvalue weighted by molar-refractivity contribution is 6.89. The average molecular weight is 293 g/mol. The first-order chi connectivity index (χ1) is 8.64. The maximum absolute atomic E-state index is 10.8. The van der Waals surface area contributed by atoms with Crippen LogP contribution in [0.3, 0.4) is 0 Å². The van der Waals surface area contributed by atoms with Crippen LogP contribution in [-0.4, -0.2) is 33.3 Å². The van der Waals surface area contributed by atoms with Crippen molar-refractivity contribution in [3.05, 3.63) is 35.4 Å². The van der Waals surface area contributed by atoms with Gasteiger partial charge in [0.05, 0.1) is 6.21 Å². The van der Waals surface area contributed by atoms with Gasteiger partial charge in [0.25, 0.3) is 0 Å². The lowest BCUT2D eigenvalue weighted by molar-refractivity contribution is 0.112. The van der Waals surface area contributed by atoms with Crippen molar-refractivity contribution in [1.29, 1.82) is 0 Å². The van der Waals surface area contributed by atoms with Crippen LogP contribution in [0.1, 0.15) is 15.9 Å². The second-order valence-electron chi connectivity index (χ2n) is 6.69. The van der Waals surface area contributed by atoms with E-state index in [9.17, 15) is 4.79 Å². The fourth-order valence-corrected chi connectivity index (χ4v) is 11.0. The summed E-state index contributed by atoms with van der Waals surface area (Å²) in [5.74, 6) is 0. The third kappa shape index (κ3) is 4.76. The van der Waals surface area contributed by atoms with Crippen LogP contribution in [0.25, 0.3) is 0 Å². The molecule has 0 radical (unpaired) electrons. The van der Waals surface area contributed by atoms with Crippen LogP contribution in [0.15, 0.2) is 29.4 Å². The maximum Gasteiger partial charge on any atom is 0.158 e. The zero-order valence-electron chi connectivity index (χ0n) is 12.8. The fourth-order valence-electron chi connectivity index (χ4n) is 2.19. The topological polar surface area (TPSA) is 32.7 Å². The molecule has 0 atom stereocenters. The smallest absolute Gasteiger partial charge is 0.158 e. The zero-order valence-corrected chi connectivity index (χ0v) is 14.8. The summed E-state index contributed by atoms with van der Waals surface area (Å²) in [5.41, 5.74) is 1.67. The molecule has 0 unspecified atom stereocenters. The number of aldehydes is 1. The van der Waals surface area contributed by atoms with E-state index in [1.807, 2.05) is 24.4 Å². The molecule has 0 aromatic heterocycles. The number of hydrogen-bond donors (Lipinski definition) is 0. The standard InChI is InChI=1S/C14H24N2OSi2/c1-18(2,3)16(19(4,5)6)15-11-13-8-7-9-14(10-13)12-17/h7-12H,1-6H3. The number of rotatable bonds is 5. The van der Waals surface area contributed by atoms with Crippen molar-refractivity contribution in [2.75, 3.05) is 0 Å². The minimum absolute atomic E-state index is 0.691. The molecular weight excluding hydrogens is 268 g/mol. The van der Waals surface area contributed by atoms with Gasteiger partial charge in [0.1, 0.15) is 6.29 Å². The van der Waals surface area contributed by atoms with Crippen LogP contribution in [0.5, 0.6) is 0 Å². The molecule has 1 aromatic carbocycles. The summed E-state index contributed by atoms with van der Waals surface area (Å²) in [6, 6.07) is 7.53. The molecule has 1 aromatic rings. The first kappa shape index (κ1) is 15.8. The van der Waals surface area contributed by atoms with E-state index in [0.29, 0.717) is 5.56 Å². The number of carbonyl (C=O) groups is 1. The van der Waals surface area contributed by atoms with Gasteiger partial charge in [-0.25, -0.2) is 5.10 Å². The van der Waals surface area contributed by atoms with Crippen LogP contribution in [0.4, 0.5) is 0 Å². The molecule has 0 aliphatic heterocycles. The normalized spacial score (nSPS) is 12.7. The van der Waals surface area contributed by atoms with Gasteiger partial charge in [-0.15, -0.1) is 0 Å². The molecule has 5 heteroatoms. The van der Waals surface area contributed by atoms with Crippen molar-refractivity contribution < 1.29 is 4.79 Å². The zero-order chi connectivity index (χ0) is 14.7. The molecule has 0 N–H and O–H groups in total. The fraction of sp³-hybridized carbons (Fsp3) is 0.429.